The molecule has 0 aromatic heterocycles. The molecule has 0 spiro atoms. The molecule has 1 saturated heterocycles. The third kappa shape index (κ3) is 2.64. The Morgan fingerprint density at radius 2 is 1.88 bits per heavy atom. The molecule has 1 N–H and O–H groups in total. The van der Waals surface area contributed by atoms with Gasteiger partial charge in [0.1, 0.15) is 0 Å². The summed E-state index contributed by atoms with van der Waals surface area (Å²) in [6.45, 7) is 1.63. The van der Waals surface area contributed by atoms with Crippen LogP contribution in [0.2, 0.25) is 0 Å². The molecule has 17 heavy (non-hydrogen) atoms. The lowest BCUT2D eigenvalue weighted by Crippen LogP contribution is -2.35. The summed E-state index contributed by atoms with van der Waals surface area (Å²) >= 11 is 0. The van der Waals surface area contributed by atoms with Gasteiger partial charge in [-0.3, -0.25) is 9.59 Å². The van der Waals surface area contributed by atoms with Crippen molar-refractivity contribution in [1.82, 2.24) is 4.90 Å². The predicted molar refractivity (Wildman–Crippen MR) is 65.9 cm³/mol. The Labute approximate surface area is 101 Å². The van der Waals surface area contributed by atoms with Gasteiger partial charge < -0.3 is 10.2 Å². The highest BCUT2D eigenvalue weighted by molar-refractivity contribution is 6.01. The number of piperidine rings is 1. The number of nitrogens with zero attached hydrogens (tertiary/aromatic N) is 1. The van der Waals surface area contributed by atoms with E-state index in [0.717, 1.165) is 25.9 Å². The lowest BCUT2D eigenvalue weighted by molar-refractivity contribution is -0.105. The third-order valence-electron chi connectivity index (χ3n) is 3.02. The van der Waals surface area contributed by atoms with Gasteiger partial charge in [0.05, 0.1) is 11.3 Å². The van der Waals surface area contributed by atoms with E-state index in [2.05, 4.69) is 5.32 Å². The Balaban J connectivity index is 2.19. The fraction of sp³-hybridized carbons (Fsp3) is 0.385. The van der Waals surface area contributed by atoms with Crippen LogP contribution < -0.4 is 5.32 Å². The van der Waals surface area contributed by atoms with E-state index in [9.17, 15) is 9.59 Å². The predicted octanol–water partition coefficient (Wildman–Crippen LogP) is 1.88. The fourth-order valence-corrected chi connectivity index (χ4v) is 2.13. The van der Waals surface area contributed by atoms with Gasteiger partial charge in [-0.05, 0) is 31.4 Å². The van der Waals surface area contributed by atoms with Crippen molar-refractivity contribution >= 4 is 18.0 Å². The number of para-hydroxylation sites is 1. The topological polar surface area (TPSA) is 49.4 Å². The van der Waals surface area contributed by atoms with Crippen LogP contribution in [0.3, 0.4) is 0 Å². The van der Waals surface area contributed by atoms with Crippen molar-refractivity contribution < 1.29 is 9.59 Å². The summed E-state index contributed by atoms with van der Waals surface area (Å²) < 4.78 is 0. The highest BCUT2D eigenvalue weighted by Crippen LogP contribution is 2.19. The van der Waals surface area contributed by atoms with E-state index in [1.807, 2.05) is 11.0 Å². The van der Waals surface area contributed by atoms with Crippen LogP contribution in [0.1, 0.15) is 29.6 Å². The number of hydrogen-bond donors (Lipinski definition) is 1. The van der Waals surface area contributed by atoms with Crippen molar-refractivity contribution in [2.45, 2.75) is 19.3 Å². The van der Waals surface area contributed by atoms with Crippen LogP contribution in [-0.4, -0.2) is 30.3 Å². The molecule has 4 heteroatoms. The summed E-state index contributed by atoms with van der Waals surface area (Å²) in [6, 6.07) is 7.11. The number of nitrogens with one attached hydrogen (secondary N) is 1. The van der Waals surface area contributed by atoms with E-state index in [4.69, 9.17) is 0 Å². The quantitative estimate of drug-likeness (QED) is 0.809. The molecule has 0 aliphatic carbocycles. The normalized spacial score (nSPS) is 15.4. The molecule has 0 atom stereocenters. The molecule has 1 aromatic rings. The second-order valence-corrected chi connectivity index (χ2v) is 4.16. The lowest BCUT2D eigenvalue weighted by Gasteiger charge is -2.27. The molecule has 2 rings (SSSR count). The third-order valence-corrected chi connectivity index (χ3v) is 3.02. The molecule has 0 bridgehead atoms. The Hall–Kier alpha value is -1.84. The Bertz CT molecular complexity index is 412. The molecule has 2 amide bonds. The van der Waals surface area contributed by atoms with E-state index in [1.54, 1.807) is 18.2 Å². The van der Waals surface area contributed by atoms with Gasteiger partial charge in [0.2, 0.25) is 6.41 Å². The van der Waals surface area contributed by atoms with Crippen molar-refractivity contribution in [1.29, 1.82) is 0 Å². The number of benzene rings is 1. The number of amides is 2. The molecule has 1 aliphatic heterocycles. The second-order valence-electron chi connectivity index (χ2n) is 4.16. The first-order chi connectivity index (χ1) is 8.33. The van der Waals surface area contributed by atoms with Crippen LogP contribution in [0.25, 0.3) is 0 Å². The first-order valence-electron chi connectivity index (χ1n) is 5.91. The Morgan fingerprint density at radius 3 is 2.59 bits per heavy atom. The number of carbonyl (C=O) groups excluding carboxylic acids is 2. The van der Waals surface area contributed by atoms with Crippen LogP contribution in [0.5, 0.6) is 0 Å². The molecule has 4 nitrogen and oxygen atoms in total. The zero-order chi connectivity index (χ0) is 12.1. The minimum atomic E-state index is 0.00894. The smallest absolute Gasteiger partial charge is 0.255 e. The van der Waals surface area contributed by atoms with Gasteiger partial charge in [0.15, 0.2) is 0 Å². The van der Waals surface area contributed by atoms with Gasteiger partial charge in [-0.2, -0.15) is 0 Å². The summed E-state index contributed by atoms with van der Waals surface area (Å²) in [5, 5.41) is 2.57. The lowest BCUT2D eigenvalue weighted by atomic mass is 10.1. The molecule has 1 aliphatic rings. The number of rotatable bonds is 3. The van der Waals surface area contributed by atoms with Crippen LogP contribution in [0.15, 0.2) is 24.3 Å². The molecule has 1 fully saturated rings. The number of anilines is 1. The minimum absolute atomic E-state index is 0.00894. The fourth-order valence-electron chi connectivity index (χ4n) is 2.13. The van der Waals surface area contributed by atoms with Gasteiger partial charge in [0.25, 0.3) is 5.91 Å². The average Bonchev–Trinajstić information content (AvgIpc) is 2.40. The maximum atomic E-state index is 12.3. The van der Waals surface area contributed by atoms with Crippen molar-refractivity contribution in [3.63, 3.8) is 0 Å². The van der Waals surface area contributed by atoms with Gasteiger partial charge in [0, 0.05) is 13.1 Å². The van der Waals surface area contributed by atoms with E-state index in [0.29, 0.717) is 17.7 Å². The van der Waals surface area contributed by atoms with E-state index >= 15 is 0 Å². The number of likely N-dealkylation sites (tertiary alicyclic amines) is 1. The zero-order valence-electron chi connectivity index (χ0n) is 9.69. The van der Waals surface area contributed by atoms with Gasteiger partial charge in [-0.1, -0.05) is 12.1 Å². The van der Waals surface area contributed by atoms with E-state index in [-0.39, 0.29) is 5.91 Å². The largest absolute Gasteiger partial charge is 0.339 e. The Morgan fingerprint density at radius 1 is 1.18 bits per heavy atom. The summed E-state index contributed by atoms with van der Waals surface area (Å²) in [5.41, 5.74) is 1.15. The summed E-state index contributed by atoms with van der Waals surface area (Å²) in [6.07, 6.45) is 3.92. The molecular weight excluding hydrogens is 216 g/mol. The van der Waals surface area contributed by atoms with E-state index < -0.39 is 0 Å². The molecule has 1 heterocycles. The summed E-state index contributed by atoms with van der Waals surface area (Å²) in [4.78, 5) is 24.6. The first-order valence-corrected chi connectivity index (χ1v) is 5.91. The van der Waals surface area contributed by atoms with Crippen LogP contribution in [-0.2, 0) is 4.79 Å². The first kappa shape index (κ1) is 11.6. The number of carbonyl (C=O) groups is 2. The molecule has 0 radical (unpaired) electrons. The monoisotopic (exact) mass is 232 g/mol. The second kappa shape index (κ2) is 5.48. The van der Waals surface area contributed by atoms with Gasteiger partial charge in [-0.25, -0.2) is 0 Å². The standard InChI is InChI=1S/C13H16N2O2/c16-10-14-12-7-3-2-6-11(12)13(17)15-8-4-1-5-9-15/h2-3,6-7,10H,1,4-5,8-9H2,(H,14,16). The summed E-state index contributed by atoms with van der Waals surface area (Å²) in [7, 11) is 0. The molecule has 0 unspecified atom stereocenters. The molecule has 1 aromatic carbocycles. The summed E-state index contributed by atoms with van der Waals surface area (Å²) in [5.74, 6) is 0.00894. The van der Waals surface area contributed by atoms with Crippen molar-refractivity contribution in [3.05, 3.63) is 29.8 Å². The van der Waals surface area contributed by atoms with Crippen molar-refractivity contribution in [3.8, 4) is 0 Å². The molecule has 90 valence electrons. The maximum absolute atomic E-state index is 12.3. The van der Waals surface area contributed by atoms with Crippen LogP contribution >= 0.6 is 0 Å². The molecular formula is C13H16N2O2. The average molecular weight is 232 g/mol. The van der Waals surface area contributed by atoms with E-state index in [1.165, 1.54) is 6.42 Å². The highest BCUT2D eigenvalue weighted by Gasteiger charge is 2.20. The van der Waals surface area contributed by atoms with Crippen molar-refractivity contribution in [2.75, 3.05) is 18.4 Å². The van der Waals surface area contributed by atoms with Crippen molar-refractivity contribution in [2.24, 2.45) is 0 Å². The minimum Gasteiger partial charge on any atom is -0.339 e. The van der Waals surface area contributed by atoms with Gasteiger partial charge >= 0.3 is 0 Å². The SMILES string of the molecule is O=CNc1ccccc1C(=O)N1CCCCC1. The van der Waals surface area contributed by atoms with Crippen LogP contribution in [0, 0.1) is 0 Å². The molecule has 0 saturated carbocycles. The Kier molecular flexibility index (Phi) is 3.75. The highest BCUT2D eigenvalue weighted by atomic mass is 16.2. The number of hydrogen-bond acceptors (Lipinski definition) is 2. The zero-order valence-corrected chi connectivity index (χ0v) is 9.69. The van der Waals surface area contributed by atoms with Gasteiger partial charge in [-0.15, -0.1) is 0 Å². The maximum Gasteiger partial charge on any atom is 0.255 e. The van der Waals surface area contributed by atoms with Crippen LogP contribution in [0.4, 0.5) is 5.69 Å².